The van der Waals surface area contributed by atoms with Crippen LogP contribution in [0.4, 0.5) is 8.78 Å². The molecule has 2 aromatic rings. The maximum Gasteiger partial charge on any atom is 0.256 e. The highest BCUT2D eigenvalue weighted by molar-refractivity contribution is 7.90. The van der Waals surface area contributed by atoms with Gasteiger partial charge in [-0.25, -0.2) is 17.2 Å². The molecule has 3 heterocycles. The first kappa shape index (κ1) is 21.0. The van der Waals surface area contributed by atoms with Gasteiger partial charge in [0.2, 0.25) is 0 Å². The monoisotopic (exact) mass is 452 g/mol. The Bertz CT molecular complexity index is 1060. The van der Waals surface area contributed by atoms with E-state index in [2.05, 4.69) is 10.00 Å². The van der Waals surface area contributed by atoms with E-state index in [1.807, 2.05) is 0 Å². The Labute approximate surface area is 180 Å². The van der Waals surface area contributed by atoms with E-state index >= 15 is 0 Å². The van der Waals surface area contributed by atoms with Crippen molar-refractivity contribution in [1.82, 2.24) is 14.1 Å². The van der Waals surface area contributed by atoms with Crippen molar-refractivity contribution in [3.8, 4) is 0 Å². The van der Waals surface area contributed by atoms with Gasteiger partial charge in [-0.15, -0.1) is 0 Å². The summed E-state index contributed by atoms with van der Waals surface area (Å²) in [5.74, 6) is -1.05. The van der Waals surface area contributed by atoms with Gasteiger partial charge in [0, 0.05) is 42.5 Å². The Balaban J connectivity index is 1.25. The molecule has 0 amide bonds. The molecule has 1 aliphatic carbocycles. The molecule has 1 saturated carbocycles. The summed E-state index contributed by atoms with van der Waals surface area (Å²) in [5, 5.41) is 4.04. The molecule has 5 rings (SSSR count). The highest BCUT2D eigenvalue weighted by Crippen LogP contribution is 2.34. The molecule has 3 aliphatic rings. The molecule has 0 radical (unpaired) electrons. The second-order valence-electron chi connectivity index (χ2n) is 8.80. The van der Waals surface area contributed by atoms with Crippen LogP contribution in [0.5, 0.6) is 0 Å². The molecule has 2 aliphatic heterocycles. The molecule has 1 aromatic carbocycles. The van der Waals surface area contributed by atoms with E-state index in [9.17, 15) is 17.2 Å². The number of ether oxygens (including phenoxy) is 1. The minimum absolute atomic E-state index is 0.00282. The molecule has 2 unspecified atom stereocenters. The smallest absolute Gasteiger partial charge is 0.256 e. The zero-order valence-electron chi connectivity index (χ0n) is 17.1. The molecular weight excluding hydrogens is 426 g/mol. The Kier molecular flexibility index (Phi) is 5.36. The third-order valence-corrected chi connectivity index (χ3v) is 8.77. The van der Waals surface area contributed by atoms with Crippen LogP contribution in [-0.2, 0) is 27.8 Å². The topological polar surface area (TPSA) is 90.5 Å². The van der Waals surface area contributed by atoms with Crippen molar-refractivity contribution in [1.29, 1.82) is 0 Å². The number of hydrogen-bond donors (Lipinski definition) is 1. The van der Waals surface area contributed by atoms with E-state index in [0.29, 0.717) is 39.0 Å². The lowest BCUT2D eigenvalue weighted by Crippen LogP contribution is -2.47. The predicted octanol–water partition coefficient (Wildman–Crippen LogP) is 2.45. The third kappa shape index (κ3) is 3.79. The average molecular weight is 453 g/mol. The first-order chi connectivity index (χ1) is 14.8. The summed E-state index contributed by atoms with van der Waals surface area (Å²) in [7, 11) is -3.44. The normalized spacial score (nSPS) is 27.6. The molecule has 1 aromatic heterocycles. The largest absolute Gasteiger partial charge is 0.370 e. The lowest BCUT2D eigenvalue weighted by Gasteiger charge is -2.38. The molecule has 0 spiro atoms. The van der Waals surface area contributed by atoms with Crippen LogP contribution < -0.4 is 5.73 Å². The van der Waals surface area contributed by atoms with Crippen molar-refractivity contribution in [2.45, 2.75) is 68.6 Å². The number of benzene rings is 1. The Hall–Kier alpha value is -1.88. The fourth-order valence-corrected chi connectivity index (χ4v) is 6.75. The first-order valence-electron chi connectivity index (χ1n) is 10.7. The number of nitrogens with zero attached hydrogens (tertiary/aromatic N) is 3. The van der Waals surface area contributed by atoms with Crippen LogP contribution in [0, 0.1) is 11.6 Å². The quantitative estimate of drug-likeness (QED) is 0.767. The molecule has 7 nitrogen and oxygen atoms in total. The van der Waals surface area contributed by atoms with Gasteiger partial charge in [-0.3, -0.25) is 4.90 Å². The Morgan fingerprint density at radius 2 is 1.94 bits per heavy atom. The summed E-state index contributed by atoms with van der Waals surface area (Å²) < 4.78 is 60.3. The van der Waals surface area contributed by atoms with Crippen LogP contribution in [-0.4, -0.2) is 46.4 Å². The average Bonchev–Trinajstić information content (AvgIpc) is 3.46. The van der Waals surface area contributed by atoms with Crippen molar-refractivity contribution in [2.24, 2.45) is 5.73 Å². The van der Waals surface area contributed by atoms with Gasteiger partial charge < -0.3 is 10.5 Å². The summed E-state index contributed by atoms with van der Waals surface area (Å²) in [4.78, 5) is 2.15. The van der Waals surface area contributed by atoms with Crippen molar-refractivity contribution in [3.63, 3.8) is 0 Å². The SMILES string of the molecule is N[C@H]1CC(N2Cc3cn(S(=O)(=O)C4CCCC4)nc3C2)COC1c1cc(F)ccc1F. The van der Waals surface area contributed by atoms with Gasteiger partial charge in [0.15, 0.2) is 0 Å². The second kappa shape index (κ2) is 7.91. The van der Waals surface area contributed by atoms with E-state index < -0.39 is 33.8 Å². The second-order valence-corrected chi connectivity index (χ2v) is 10.9. The maximum absolute atomic E-state index is 14.1. The number of fused-ring (bicyclic) bond motifs is 1. The van der Waals surface area contributed by atoms with E-state index in [1.165, 1.54) is 0 Å². The van der Waals surface area contributed by atoms with Crippen LogP contribution >= 0.6 is 0 Å². The summed E-state index contributed by atoms with van der Waals surface area (Å²) in [6, 6.07) is 2.82. The van der Waals surface area contributed by atoms with Gasteiger partial charge >= 0.3 is 0 Å². The highest BCUT2D eigenvalue weighted by Gasteiger charge is 2.38. The number of hydrogen-bond acceptors (Lipinski definition) is 6. The van der Waals surface area contributed by atoms with Gasteiger partial charge in [0.1, 0.15) is 17.7 Å². The lowest BCUT2D eigenvalue weighted by molar-refractivity contribution is -0.0533. The highest BCUT2D eigenvalue weighted by atomic mass is 32.2. The van der Waals surface area contributed by atoms with Gasteiger partial charge in [-0.1, -0.05) is 12.8 Å². The van der Waals surface area contributed by atoms with Gasteiger partial charge in [0.05, 0.1) is 17.6 Å². The summed E-state index contributed by atoms with van der Waals surface area (Å²) in [6.07, 6.45) is 4.79. The number of halogens is 2. The van der Waals surface area contributed by atoms with Crippen LogP contribution in [0.15, 0.2) is 24.4 Å². The lowest BCUT2D eigenvalue weighted by atomic mass is 9.93. The third-order valence-electron chi connectivity index (χ3n) is 6.75. The zero-order valence-corrected chi connectivity index (χ0v) is 17.9. The van der Waals surface area contributed by atoms with E-state index in [-0.39, 0.29) is 16.9 Å². The van der Waals surface area contributed by atoms with Gasteiger partial charge in [-0.05, 0) is 37.5 Å². The fourth-order valence-electron chi connectivity index (χ4n) is 5.03. The van der Waals surface area contributed by atoms with Crippen molar-refractivity contribution < 1.29 is 21.9 Å². The number of aromatic nitrogens is 2. The molecule has 168 valence electrons. The molecule has 3 atom stereocenters. The van der Waals surface area contributed by atoms with Crippen molar-refractivity contribution >= 4 is 10.0 Å². The number of rotatable bonds is 4. The number of nitrogens with two attached hydrogens (primary N) is 1. The Morgan fingerprint density at radius 3 is 2.65 bits per heavy atom. The standard InChI is InChI=1S/C21H26F2N4O3S/c22-14-5-6-18(23)17(7-14)21-19(24)8-15(12-30-21)26-9-13-10-27(25-20(13)11-26)31(28,29)16-3-1-2-4-16/h5-7,10,15-16,19,21H,1-4,8-9,11-12,24H2/t15?,19-,21?/m0/s1. The molecule has 2 fully saturated rings. The zero-order chi connectivity index (χ0) is 21.8. The van der Waals surface area contributed by atoms with Crippen LogP contribution in [0.1, 0.15) is 55.0 Å². The van der Waals surface area contributed by atoms with Crippen molar-refractivity contribution in [2.75, 3.05) is 6.61 Å². The predicted molar refractivity (Wildman–Crippen MR) is 109 cm³/mol. The van der Waals surface area contributed by atoms with E-state index in [4.69, 9.17) is 10.5 Å². The molecule has 10 heteroatoms. The molecule has 0 bridgehead atoms. The van der Waals surface area contributed by atoms with E-state index in [0.717, 1.165) is 46.4 Å². The van der Waals surface area contributed by atoms with Gasteiger partial charge in [-0.2, -0.15) is 9.19 Å². The molecular formula is C21H26F2N4O3S. The summed E-state index contributed by atoms with van der Waals surface area (Å²) in [5.41, 5.74) is 8.08. The van der Waals surface area contributed by atoms with Crippen LogP contribution in [0.2, 0.25) is 0 Å². The minimum Gasteiger partial charge on any atom is -0.370 e. The first-order valence-corrected chi connectivity index (χ1v) is 12.2. The van der Waals surface area contributed by atoms with E-state index in [1.54, 1.807) is 6.20 Å². The van der Waals surface area contributed by atoms with Crippen LogP contribution in [0.25, 0.3) is 0 Å². The summed E-state index contributed by atoms with van der Waals surface area (Å²) >= 11 is 0. The minimum atomic E-state index is -3.44. The molecule has 1 saturated heterocycles. The Morgan fingerprint density at radius 1 is 1.16 bits per heavy atom. The molecule has 31 heavy (non-hydrogen) atoms. The van der Waals surface area contributed by atoms with Gasteiger partial charge in [0.25, 0.3) is 10.0 Å². The van der Waals surface area contributed by atoms with Crippen molar-refractivity contribution in [3.05, 3.63) is 52.9 Å². The maximum atomic E-state index is 14.1. The van der Waals surface area contributed by atoms with Crippen LogP contribution in [0.3, 0.4) is 0 Å². The summed E-state index contributed by atoms with van der Waals surface area (Å²) in [6.45, 7) is 1.41. The molecule has 2 N–H and O–H groups in total. The fraction of sp³-hybridized carbons (Fsp3) is 0.571.